The highest BCUT2D eigenvalue weighted by molar-refractivity contribution is 7.00. The minimum absolute atomic E-state index is 0.223. The Kier molecular flexibility index (Phi) is 3.32. The fourth-order valence-electron chi connectivity index (χ4n) is 2.18. The third-order valence-corrected chi connectivity index (χ3v) is 3.87. The van der Waals surface area contributed by atoms with Crippen LogP contribution in [0.15, 0.2) is 59.1 Å². The van der Waals surface area contributed by atoms with Crippen LogP contribution in [0.3, 0.4) is 0 Å². The highest BCUT2D eigenvalue weighted by Gasteiger charge is 2.14. The number of nitrogens with zero attached hydrogens (tertiary/aromatic N) is 3. The molecule has 0 saturated heterocycles. The predicted molar refractivity (Wildman–Crippen MR) is 87.3 cm³/mol. The third kappa shape index (κ3) is 2.69. The number of nitrogens with one attached hydrogen (secondary N) is 1. The van der Waals surface area contributed by atoms with Crippen molar-refractivity contribution in [2.75, 3.05) is 5.32 Å². The maximum atomic E-state index is 12.3. The van der Waals surface area contributed by atoms with Gasteiger partial charge in [0.25, 0.3) is 5.91 Å². The lowest BCUT2D eigenvalue weighted by Crippen LogP contribution is -2.12. The summed E-state index contributed by atoms with van der Waals surface area (Å²) in [4.78, 5) is 12.3. The number of rotatable bonds is 3. The third-order valence-electron chi connectivity index (χ3n) is 3.31. The van der Waals surface area contributed by atoms with Crippen molar-refractivity contribution < 1.29 is 9.32 Å². The van der Waals surface area contributed by atoms with Crippen LogP contribution in [0.2, 0.25) is 0 Å². The molecule has 4 aromatic rings. The van der Waals surface area contributed by atoms with Gasteiger partial charge in [-0.15, -0.1) is 0 Å². The van der Waals surface area contributed by atoms with Gasteiger partial charge in [-0.25, -0.2) is 0 Å². The van der Waals surface area contributed by atoms with E-state index in [4.69, 9.17) is 4.52 Å². The minimum atomic E-state index is -0.335. The molecule has 7 heteroatoms. The molecular formula is C16H10N4O2S. The summed E-state index contributed by atoms with van der Waals surface area (Å²) in [5, 5.41) is 6.61. The van der Waals surface area contributed by atoms with Crippen molar-refractivity contribution >= 4 is 34.4 Å². The summed E-state index contributed by atoms with van der Waals surface area (Å²) >= 11 is 1.14. The van der Waals surface area contributed by atoms with Gasteiger partial charge in [0.05, 0.1) is 11.7 Å². The first-order chi connectivity index (χ1) is 11.3. The number of amides is 1. The van der Waals surface area contributed by atoms with E-state index >= 15 is 0 Å². The SMILES string of the molecule is O=C(Nc1ccc2nsnc2c1)c1cc(-c2ccccc2)on1. The van der Waals surface area contributed by atoms with Gasteiger partial charge >= 0.3 is 0 Å². The van der Waals surface area contributed by atoms with Gasteiger partial charge in [-0.05, 0) is 18.2 Å². The standard InChI is InChI=1S/C16H10N4O2S/c21-16(17-11-6-7-12-13(8-11)20-23-19-12)14-9-15(22-18-14)10-4-2-1-3-5-10/h1-9H,(H,17,21). The summed E-state index contributed by atoms with van der Waals surface area (Å²) in [5.74, 6) is 0.216. The molecule has 0 aliphatic rings. The van der Waals surface area contributed by atoms with Crippen LogP contribution < -0.4 is 5.32 Å². The molecule has 4 rings (SSSR count). The van der Waals surface area contributed by atoms with Crippen LogP contribution in [0, 0.1) is 0 Å². The van der Waals surface area contributed by atoms with Gasteiger partial charge in [0, 0.05) is 17.3 Å². The summed E-state index contributed by atoms with van der Waals surface area (Å²) in [6, 6.07) is 16.5. The Morgan fingerprint density at radius 3 is 2.70 bits per heavy atom. The molecule has 23 heavy (non-hydrogen) atoms. The fraction of sp³-hybridized carbons (Fsp3) is 0. The minimum Gasteiger partial charge on any atom is -0.355 e. The number of aromatic nitrogens is 3. The first kappa shape index (κ1) is 13.6. The summed E-state index contributed by atoms with van der Waals surface area (Å²) in [6.45, 7) is 0. The van der Waals surface area contributed by atoms with Crippen LogP contribution in [-0.4, -0.2) is 19.8 Å². The van der Waals surface area contributed by atoms with E-state index in [1.807, 2.05) is 36.4 Å². The van der Waals surface area contributed by atoms with Crippen LogP contribution >= 0.6 is 11.7 Å². The lowest BCUT2D eigenvalue weighted by molar-refractivity contribution is 0.101. The zero-order valence-corrected chi connectivity index (χ0v) is 12.6. The lowest BCUT2D eigenvalue weighted by Gasteiger charge is -2.01. The maximum absolute atomic E-state index is 12.3. The van der Waals surface area contributed by atoms with Gasteiger partial charge in [0.2, 0.25) is 0 Å². The number of hydrogen-bond donors (Lipinski definition) is 1. The van der Waals surface area contributed by atoms with Crippen molar-refractivity contribution in [3.05, 3.63) is 60.3 Å². The van der Waals surface area contributed by atoms with Gasteiger partial charge in [0.1, 0.15) is 11.0 Å². The number of anilines is 1. The number of carbonyl (C=O) groups is 1. The zero-order chi connectivity index (χ0) is 15.6. The van der Waals surface area contributed by atoms with Crippen LogP contribution in [-0.2, 0) is 0 Å². The number of fused-ring (bicyclic) bond motifs is 1. The molecule has 0 aliphatic carbocycles. The second-order valence-electron chi connectivity index (χ2n) is 4.86. The molecule has 0 aliphatic heterocycles. The molecule has 0 spiro atoms. The first-order valence-electron chi connectivity index (χ1n) is 6.85. The van der Waals surface area contributed by atoms with Gasteiger partial charge < -0.3 is 9.84 Å². The molecule has 0 unspecified atom stereocenters. The highest BCUT2D eigenvalue weighted by Crippen LogP contribution is 2.21. The highest BCUT2D eigenvalue weighted by atomic mass is 32.1. The van der Waals surface area contributed by atoms with Gasteiger partial charge in [0.15, 0.2) is 11.5 Å². The normalized spacial score (nSPS) is 10.8. The molecule has 6 nitrogen and oxygen atoms in total. The number of hydrogen-bond acceptors (Lipinski definition) is 6. The van der Waals surface area contributed by atoms with Crippen molar-refractivity contribution in [1.29, 1.82) is 0 Å². The second-order valence-corrected chi connectivity index (χ2v) is 5.39. The molecule has 0 saturated carbocycles. The second kappa shape index (κ2) is 5.62. The topological polar surface area (TPSA) is 80.9 Å². The Morgan fingerprint density at radius 2 is 1.83 bits per heavy atom. The molecule has 2 aromatic heterocycles. The summed E-state index contributed by atoms with van der Waals surface area (Å²) in [7, 11) is 0. The van der Waals surface area contributed by atoms with Crippen molar-refractivity contribution in [1.82, 2.24) is 13.9 Å². The molecule has 1 N–H and O–H groups in total. The van der Waals surface area contributed by atoms with Crippen molar-refractivity contribution in [2.24, 2.45) is 0 Å². The average Bonchev–Trinajstić information content (AvgIpc) is 3.24. The molecule has 0 radical (unpaired) electrons. The van der Waals surface area contributed by atoms with Gasteiger partial charge in [-0.3, -0.25) is 4.79 Å². The molecule has 0 atom stereocenters. The summed E-state index contributed by atoms with van der Waals surface area (Å²) in [6.07, 6.45) is 0. The Balaban J connectivity index is 1.56. The molecule has 0 bridgehead atoms. The fourth-order valence-corrected chi connectivity index (χ4v) is 2.69. The van der Waals surface area contributed by atoms with Crippen molar-refractivity contribution in [3.8, 4) is 11.3 Å². The summed E-state index contributed by atoms with van der Waals surface area (Å²) in [5.41, 5.74) is 3.28. The van der Waals surface area contributed by atoms with E-state index < -0.39 is 0 Å². The average molecular weight is 322 g/mol. The van der Waals surface area contributed by atoms with Crippen LogP contribution in [0.4, 0.5) is 5.69 Å². The predicted octanol–water partition coefficient (Wildman–Crippen LogP) is 3.60. The van der Waals surface area contributed by atoms with E-state index in [1.54, 1.807) is 18.2 Å². The Hall–Kier alpha value is -3.06. The molecule has 0 fully saturated rings. The Labute approximate surface area is 135 Å². The van der Waals surface area contributed by atoms with E-state index in [2.05, 4.69) is 19.2 Å². The van der Waals surface area contributed by atoms with Crippen molar-refractivity contribution in [3.63, 3.8) is 0 Å². The van der Waals surface area contributed by atoms with E-state index in [-0.39, 0.29) is 11.6 Å². The van der Waals surface area contributed by atoms with Gasteiger partial charge in [-0.2, -0.15) is 8.75 Å². The van der Waals surface area contributed by atoms with E-state index in [0.29, 0.717) is 11.4 Å². The molecule has 112 valence electrons. The number of benzene rings is 2. The molecule has 2 aromatic carbocycles. The van der Waals surface area contributed by atoms with Gasteiger partial charge in [-0.1, -0.05) is 35.5 Å². The molecular weight excluding hydrogens is 312 g/mol. The van der Waals surface area contributed by atoms with Crippen LogP contribution in [0.25, 0.3) is 22.4 Å². The first-order valence-corrected chi connectivity index (χ1v) is 7.58. The van der Waals surface area contributed by atoms with Crippen LogP contribution in [0.5, 0.6) is 0 Å². The summed E-state index contributed by atoms with van der Waals surface area (Å²) < 4.78 is 13.5. The zero-order valence-electron chi connectivity index (χ0n) is 11.8. The van der Waals surface area contributed by atoms with Crippen molar-refractivity contribution in [2.45, 2.75) is 0 Å². The monoisotopic (exact) mass is 322 g/mol. The number of carbonyl (C=O) groups excluding carboxylic acids is 1. The smallest absolute Gasteiger partial charge is 0.277 e. The van der Waals surface area contributed by atoms with E-state index in [0.717, 1.165) is 28.3 Å². The Bertz CT molecular complexity index is 978. The molecule has 2 heterocycles. The molecule has 1 amide bonds. The maximum Gasteiger partial charge on any atom is 0.277 e. The van der Waals surface area contributed by atoms with Crippen LogP contribution in [0.1, 0.15) is 10.5 Å². The van der Waals surface area contributed by atoms with E-state index in [9.17, 15) is 4.79 Å². The largest absolute Gasteiger partial charge is 0.355 e. The van der Waals surface area contributed by atoms with E-state index in [1.165, 1.54) is 0 Å². The quantitative estimate of drug-likeness (QED) is 0.623. The Morgan fingerprint density at radius 1 is 1.00 bits per heavy atom. The lowest BCUT2D eigenvalue weighted by atomic mass is 10.1.